The summed E-state index contributed by atoms with van der Waals surface area (Å²) in [5.74, 6) is 0.0532. The molecule has 9 heteroatoms. The maximum atomic E-state index is 12.6. The van der Waals surface area contributed by atoms with Crippen LogP contribution in [-0.2, 0) is 20.9 Å². The van der Waals surface area contributed by atoms with E-state index in [1.165, 1.54) is 32.2 Å². The molecule has 0 saturated carbocycles. The van der Waals surface area contributed by atoms with E-state index in [2.05, 4.69) is 10.3 Å². The Morgan fingerprint density at radius 1 is 1.19 bits per heavy atom. The third-order valence-corrected chi connectivity index (χ3v) is 3.75. The minimum atomic E-state index is -0.498. The van der Waals surface area contributed by atoms with Crippen molar-refractivity contribution in [1.29, 1.82) is 0 Å². The van der Waals surface area contributed by atoms with Gasteiger partial charge in [-0.3, -0.25) is 19.0 Å². The molecule has 1 amide bonds. The van der Waals surface area contributed by atoms with E-state index in [0.29, 0.717) is 35.4 Å². The van der Waals surface area contributed by atoms with Crippen molar-refractivity contribution < 1.29 is 23.8 Å². The van der Waals surface area contributed by atoms with Gasteiger partial charge in [-0.15, -0.1) is 0 Å². The minimum absolute atomic E-state index is 0.0907. The Morgan fingerprint density at radius 3 is 2.54 bits per heavy atom. The predicted octanol–water partition coefficient (Wildman–Crippen LogP) is 0.483. The number of hydrogen-bond donors (Lipinski definition) is 1. The molecule has 0 unspecified atom stereocenters. The lowest BCUT2D eigenvalue weighted by Crippen LogP contribution is -2.25. The zero-order valence-corrected chi connectivity index (χ0v) is 14.9. The van der Waals surface area contributed by atoms with Crippen molar-refractivity contribution in [1.82, 2.24) is 14.9 Å². The lowest BCUT2D eigenvalue weighted by molar-refractivity contribution is -0.148. The van der Waals surface area contributed by atoms with Crippen LogP contribution in [0.25, 0.3) is 10.9 Å². The van der Waals surface area contributed by atoms with Gasteiger partial charge in [-0.05, 0) is 12.5 Å². The number of nitrogens with one attached hydrogen (secondary N) is 1. The second-order valence-electron chi connectivity index (χ2n) is 5.40. The smallest absolute Gasteiger partial charge is 0.306 e. The topological polar surface area (TPSA) is 109 Å². The van der Waals surface area contributed by atoms with Crippen LogP contribution in [0.15, 0.2) is 23.3 Å². The quantitative estimate of drug-likeness (QED) is 0.680. The number of esters is 1. The number of hydrogen-bond acceptors (Lipinski definition) is 7. The molecule has 2 rings (SSSR count). The largest absolute Gasteiger partial charge is 0.493 e. The summed E-state index contributed by atoms with van der Waals surface area (Å²) in [6.45, 7) is -0.0143. The number of amides is 1. The molecule has 0 atom stereocenters. The van der Waals surface area contributed by atoms with Crippen LogP contribution in [0.3, 0.4) is 0 Å². The van der Waals surface area contributed by atoms with Crippen molar-refractivity contribution in [2.75, 3.05) is 27.9 Å². The monoisotopic (exact) mass is 363 g/mol. The number of aryl methyl sites for hydroxylation is 1. The molecule has 140 valence electrons. The van der Waals surface area contributed by atoms with Gasteiger partial charge in [0.2, 0.25) is 0 Å². The first kappa shape index (κ1) is 19.2. The minimum Gasteiger partial charge on any atom is -0.493 e. The van der Waals surface area contributed by atoms with E-state index in [1.54, 1.807) is 12.1 Å². The lowest BCUT2D eigenvalue weighted by atomic mass is 10.2. The van der Waals surface area contributed by atoms with Gasteiger partial charge in [0.1, 0.15) is 0 Å². The molecule has 1 heterocycles. The van der Waals surface area contributed by atoms with Gasteiger partial charge in [-0.2, -0.15) is 0 Å². The Balaban J connectivity index is 2.06. The van der Waals surface area contributed by atoms with Crippen LogP contribution in [0.4, 0.5) is 0 Å². The fourth-order valence-corrected chi connectivity index (χ4v) is 2.33. The molecule has 0 bridgehead atoms. The standard InChI is InChI=1S/C17H21N3O6/c1-18-15(21)9-26-16(22)5-4-6-20-10-19-12-8-14(25-3)13(24-2)7-11(12)17(20)23/h7-8,10H,4-6,9H2,1-3H3,(H,18,21). The van der Waals surface area contributed by atoms with Gasteiger partial charge >= 0.3 is 5.97 Å². The maximum absolute atomic E-state index is 12.6. The SMILES string of the molecule is CNC(=O)COC(=O)CCCn1cnc2cc(OC)c(OC)cc2c1=O. The molecule has 0 aliphatic rings. The highest BCUT2D eigenvalue weighted by atomic mass is 16.5. The number of aromatic nitrogens is 2. The van der Waals surface area contributed by atoms with Crippen LogP contribution in [0.5, 0.6) is 11.5 Å². The van der Waals surface area contributed by atoms with Crippen LogP contribution in [0.2, 0.25) is 0 Å². The van der Waals surface area contributed by atoms with Gasteiger partial charge in [0.15, 0.2) is 18.1 Å². The molecule has 26 heavy (non-hydrogen) atoms. The van der Waals surface area contributed by atoms with E-state index in [1.807, 2.05) is 0 Å². The summed E-state index contributed by atoms with van der Waals surface area (Å²) in [6.07, 6.45) is 1.90. The zero-order valence-electron chi connectivity index (χ0n) is 14.9. The highest BCUT2D eigenvalue weighted by molar-refractivity contribution is 5.82. The number of carbonyl (C=O) groups is 2. The number of carbonyl (C=O) groups excluding carboxylic acids is 2. The molecule has 0 aliphatic carbocycles. The van der Waals surface area contributed by atoms with Crippen LogP contribution < -0.4 is 20.3 Å². The Morgan fingerprint density at radius 2 is 1.88 bits per heavy atom. The van der Waals surface area contributed by atoms with E-state index in [-0.39, 0.29) is 24.5 Å². The molecule has 0 aliphatic heterocycles. The van der Waals surface area contributed by atoms with Gasteiger partial charge in [-0.1, -0.05) is 0 Å². The first-order valence-corrected chi connectivity index (χ1v) is 7.97. The van der Waals surface area contributed by atoms with E-state index >= 15 is 0 Å². The third kappa shape index (κ3) is 4.50. The first-order valence-electron chi connectivity index (χ1n) is 7.97. The van der Waals surface area contributed by atoms with Crippen LogP contribution in [-0.4, -0.2) is 49.3 Å². The second-order valence-corrected chi connectivity index (χ2v) is 5.40. The van der Waals surface area contributed by atoms with E-state index in [9.17, 15) is 14.4 Å². The normalized spacial score (nSPS) is 10.4. The first-order chi connectivity index (χ1) is 12.5. The van der Waals surface area contributed by atoms with E-state index < -0.39 is 5.97 Å². The molecular formula is C17H21N3O6. The molecule has 0 saturated heterocycles. The number of rotatable bonds is 8. The predicted molar refractivity (Wildman–Crippen MR) is 93.4 cm³/mol. The number of benzene rings is 1. The van der Waals surface area contributed by atoms with E-state index in [0.717, 1.165) is 0 Å². The third-order valence-electron chi connectivity index (χ3n) is 3.75. The highest BCUT2D eigenvalue weighted by Crippen LogP contribution is 2.29. The molecule has 0 spiro atoms. The molecule has 1 aromatic heterocycles. The van der Waals surface area contributed by atoms with Crippen LogP contribution >= 0.6 is 0 Å². The second kappa shape index (κ2) is 8.84. The number of fused-ring (bicyclic) bond motifs is 1. The average Bonchev–Trinajstić information content (AvgIpc) is 2.66. The van der Waals surface area contributed by atoms with Crippen molar-refractivity contribution in [3.05, 3.63) is 28.8 Å². The fraction of sp³-hybridized carbons (Fsp3) is 0.412. The summed E-state index contributed by atoms with van der Waals surface area (Å²) in [7, 11) is 4.46. The molecule has 1 aromatic carbocycles. The summed E-state index contributed by atoms with van der Waals surface area (Å²) in [5, 5.41) is 2.75. The number of likely N-dealkylation sites (N-methyl/N-ethyl adjacent to an activating group) is 1. The fourth-order valence-electron chi connectivity index (χ4n) is 2.33. The van der Waals surface area contributed by atoms with Gasteiger partial charge in [-0.25, -0.2) is 4.98 Å². The molecule has 2 aromatic rings. The van der Waals surface area contributed by atoms with Gasteiger partial charge in [0, 0.05) is 26.1 Å². The van der Waals surface area contributed by atoms with Gasteiger partial charge in [0.05, 0.1) is 31.4 Å². The van der Waals surface area contributed by atoms with Crippen molar-refractivity contribution in [3.63, 3.8) is 0 Å². The van der Waals surface area contributed by atoms with Crippen LogP contribution in [0, 0.1) is 0 Å². The zero-order chi connectivity index (χ0) is 19.1. The van der Waals surface area contributed by atoms with Crippen molar-refractivity contribution in [2.24, 2.45) is 0 Å². The number of nitrogens with zero attached hydrogens (tertiary/aromatic N) is 2. The Labute approximate surface area is 149 Å². The lowest BCUT2D eigenvalue weighted by Gasteiger charge is -2.10. The summed E-state index contributed by atoms with van der Waals surface area (Å²) in [5.41, 5.74) is 0.253. The summed E-state index contributed by atoms with van der Waals surface area (Å²) >= 11 is 0. The van der Waals surface area contributed by atoms with Gasteiger partial charge in [0.25, 0.3) is 11.5 Å². The Hall–Kier alpha value is -3.10. The maximum Gasteiger partial charge on any atom is 0.306 e. The summed E-state index contributed by atoms with van der Waals surface area (Å²) < 4.78 is 16.6. The highest BCUT2D eigenvalue weighted by Gasteiger charge is 2.12. The summed E-state index contributed by atoms with van der Waals surface area (Å²) in [6, 6.07) is 3.22. The van der Waals surface area contributed by atoms with Crippen molar-refractivity contribution >= 4 is 22.8 Å². The molecule has 0 radical (unpaired) electrons. The van der Waals surface area contributed by atoms with Gasteiger partial charge < -0.3 is 19.5 Å². The molecule has 9 nitrogen and oxygen atoms in total. The molecule has 0 fully saturated rings. The Kier molecular flexibility index (Phi) is 6.54. The summed E-state index contributed by atoms with van der Waals surface area (Å²) in [4.78, 5) is 39.4. The Bertz CT molecular complexity index is 861. The van der Waals surface area contributed by atoms with Crippen molar-refractivity contribution in [3.8, 4) is 11.5 Å². The van der Waals surface area contributed by atoms with E-state index in [4.69, 9.17) is 14.2 Å². The molecular weight excluding hydrogens is 342 g/mol. The number of methoxy groups -OCH3 is 2. The molecule has 1 N–H and O–H groups in total. The average molecular weight is 363 g/mol. The van der Waals surface area contributed by atoms with Crippen LogP contribution in [0.1, 0.15) is 12.8 Å². The van der Waals surface area contributed by atoms with Crippen molar-refractivity contribution in [2.45, 2.75) is 19.4 Å². The number of ether oxygens (including phenoxy) is 3.